The number of carbonyl (C=O) groups is 1. The zero-order valence-electron chi connectivity index (χ0n) is 16.9. The molecule has 0 aliphatic rings. The normalized spacial score (nSPS) is 12.7. The molecule has 1 aromatic carbocycles. The molecule has 0 radical (unpaired) electrons. The first-order valence-corrected chi connectivity index (χ1v) is 9.24. The predicted molar refractivity (Wildman–Crippen MR) is 107 cm³/mol. The lowest BCUT2D eigenvalue weighted by atomic mass is 10.2. The molecule has 8 heteroatoms. The summed E-state index contributed by atoms with van der Waals surface area (Å²) in [7, 11) is 3.20. The number of aliphatic hydroxyl groups excluding tert-OH is 1. The van der Waals surface area contributed by atoms with Crippen molar-refractivity contribution < 1.29 is 28.8 Å². The lowest BCUT2D eigenvalue weighted by molar-refractivity contribution is -0.121. The minimum Gasteiger partial charge on any atom is -0.491 e. The summed E-state index contributed by atoms with van der Waals surface area (Å²) in [6.07, 6.45) is 1.24. The summed E-state index contributed by atoms with van der Waals surface area (Å²) in [6, 6.07) is 5.17. The summed E-state index contributed by atoms with van der Waals surface area (Å²) in [4.78, 5) is 11.3. The molecule has 158 valence electrons. The first-order chi connectivity index (χ1) is 13.5. The van der Waals surface area contributed by atoms with Crippen LogP contribution in [0.25, 0.3) is 0 Å². The van der Waals surface area contributed by atoms with Gasteiger partial charge in [-0.05, 0) is 19.1 Å². The molecular formula is C20H32N2O6. The molecule has 1 amide bonds. The third kappa shape index (κ3) is 9.59. The summed E-state index contributed by atoms with van der Waals surface area (Å²) in [5, 5.41) is 15.8. The van der Waals surface area contributed by atoms with Gasteiger partial charge in [-0.3, -0.25) is 4.79 Å². The van der Waals surface area contributed by atoms with Crippen LogP contribution in [0.3, 0.4) is 0 Å². The van der Waals surface area contributed by atoms with E-state index in [0.717, 1.165) is 0 Å². The molecule has 0 aliphatic heterocycles. The first kappa shape index (κ1) is 23.7. The highest BCUT2D eigenvalue weighted by Gasteiger charge is 2.13. The van der Waals surface area contributed by atoms with Crippen LogP contribution in [0.4, 0.5) is 0 Å². The Morgan fingerprint density at radius 2 is 2.04 bits per heavy atom. The van der Waals surface area contributed by atoms with Gasteiger partial charge < -0.3 is 34.7 Å². The van der Waals surface area contributed by atoms with Crippen LogP contribution in [0.5, 0.6) is 17.2 Å². The molecule has 2 atom stereocenters. The molecule has 0 heterocycles. The van der Waals surface area contributed by atoms with Crippen LogP contribution in [0, 0.1) is 0 Å². The second-order valence-corrected chi connectivity index (χ2v) is 6.20. The maximum atomic E-state index is 11.3. The molecule has 1 rings (SSSR count). The highest BCUT2D eigenvalue weighted by molar-refractivity contribution is 5.76. The zero-order valence-corrected chi connectivity index (χ0v) is 16.9. The Kier molecular flexibility index (Phi) is 11.7. The fourth-order valence-corrected chi connectivity index (χ4v) is 2.24. The molecular weight excluding hydrogens is 364 g/mol. The predicted octanol–water partition coefficient (Wildman–Crippen LogP) is 1.13. The van der Waals surface area contributed by atoms with Gasteiger partial charge >= 0.3 is 0 Å². The summed E-state index contributed by atoms with van der Waals surface area (Å²) in [5.41, 5.74) is 0. The van der Waals surface area contributed by atoms with Crippen molar-refractivity contribution in [3.05, 3.63) is 30.9 Å². The Bertz CT molecular complexity index is 596. The third-order valence-electron chi connectivity index (χ3n) is 3.73. The second-order valence-electron chi connectivity index (χ2n) is 6.20. The molecule has 0 aromatic heterocycles. The van der Waals surface area contributed by atoms with Crippen LogP contribution >= 0.6 is 0 Å². The molecule has 0 bridgehead atoms. The van der Waals surface area contributed by atoms with Gasteiger partial charge in [0.05, 0.1) is 6.61 Å². The quantitative estimate of drug-likeness (QED) is 0.302. The summed E-state index contributed by atoms with van der Waals surface area (Å²) >= 11 is 0. The SMILES string of the molecule is C=CCOc1cc(OCCOC)ccc1OCC(O)CNC(C)CC(=O)NC. The van der Waals surface area contributed by atoms with Gasteiger partial charge in [0.15, 0.2) is 11.5 Å². The van der Waals surface area contributed by atoms with Gasteiger partial charge in [-0.2, -0.15) is 0 Å². The lowest BCUT2D eigenvalue weighted by Gasteiger charge is -2.18. The fourth-order valence-electron chi connectivity index (χ4n) is 2.24. The monoisotopic (exact) mass is 396 g/mol. The van der Waals surface area contributed by atoms with Crippen molar-refractivity contribution in [3.63, 3.8) is 0 Å². The van der Waals surface area contributed by atoms with E-state index < -0.39 is 6.10 Å². The molecule has 2 unspecified atom stereocenters. The number of ether oxygens (including phenoxy) is 4. The Morgan fingerprint density at radius 1 is 1.25 bits per heavy atom. The molecule has 0 fully saturated rings. The minimum atomic E-state index is -0.739. The second kappa shape index (κ2) is 13.8. The fraction of sp³-hybridized carbons (Fsp3) is 0.550. The molecule has 28 heavy (non-hydrogen) atoms. The number of hydrogen-bond donors (Lipinski definition) is 3. The van der Waals surface area contributed by atoms with Gasteiger partial charge in [-0.25, -0.2) is 0 Å². The van der Waals surface area contributed by atoms with Crippen molar-refractivity contribution in [2.24, 2.45) is 0 Å². The largest absolute Gasteiger partial charge is 0.491 e. The molecule has 8 nitrogen and oxygen atoms in total. The average molecular weight is 396 g/mol. The van der Waals surface area contributed by atoms with E-state index in [1.165, 1.54) is 0 Å². The summed E-state index contributed by atoms with van der Waals surface area (Å²) < 4.78 is 21.9. The third-order valence-corrected chi connectivity index (χ3v) is 3.73. The first-order valence-electron chi connectivity index (χ1n) is 9.24. The molecule has 3 N–H and O–H groups in total. The standard InChI is InChI=1S/C20H32N2O6/c1-5-8-27-19-12-17(26-10-9-25-4)6-7-18(19)28-14-16(23)13-22-15(2)11-20(24)21-3/h5-7,12,15-16,22-23H,1,8-11,13-14H2,2-4H3,(H,21,24). The van der Waals surface area contributed by atoms with E-state index in [-0.39, 0.29) is 18.6 Å². The highest BCUT2D eigenvalue weighted by Crippen LogP contribution is 2.31. The summed E-state index contributed by atoms with van der Waals surface area (Å²) in [5.74, 6) is 1.58. The van der Waals surface area contributed by atoms with E-state index >= 15 is 0 Å². The van der Waals surface area contributed by atoms with Crippen LogP contribution in [-0.4, -0.2) is 70.3 Å². The van der Waals surface area contributed by atoms with Gasteiger partial charge in [0.2, 0.25) is 5.91 Å². The molecule has 0 spiro atoms. The van der Waals surface area contributed by atoms with E-state index in [1.54, 1.807) is 38.4 Å². The van der Waals surface area contributed by atoms with Crippen molar-refractivity contribution in [2.75, 3.05) is 47.1 Å². The van der Waals surface area contributed by atoms with Crippen molar-refractivity contribution in [2.45, 2.75) is 25.5 Å². The number of nitrogens with one attached hydrogen (secondary N) is 2. The number of rotatable bonds is 15. The number of amides is 1. The Hall–Kier alpha value is -2.29. The minimum absolute atomic E-state index is 0.0513. The van der Waals surface area contributed by atoms with Crippen LogP contribution in [0.15, 0.2) is 30.9 Å². The number of hydrogen-bond acceptors (Lipinski definition) is 7. The molecule has 0 aliphatic carbocycles. The van der Waals surface area contributed by atoms with E-state index in [0.29, 0.717) is 50.0 Å². The van der Waals surface area contributed by atoms with Crippen molar-refractivity contribution in [3.8, 4) is 17.2 Å². The topological polar surface area (TPSA) is 98.3 Å². The number of carbonyl (C=O) groups excluding carboxylic acids is 1. The maximum absolute atomic E-state index is 11.3. The lowest BCUT2D eigenvalue weighted by Crippen LogP contribution is -2.39. The molecule has 0 saturated carbocycles. The van der Waals surface area contributed by atoms with Gasteiger partial charge in [-0.15, -0.1) is 0 Å². The Balaban J connectivity index is 2.55. The van der Waals surface area contributed by atoms with Crippen molar-refractivity contribution >= 4 is 5.91 Å². The van der Waals surface area contributed by atoms with Crippen LogP contribution < -0.4 is 24.8 Å². The zero-order chi connectivity index (χ0) is 20.8. The average Bonchev–Trinajstić information content (AvgIpc) is 2.69. The Morgan fingerprint density at radius 3 is 2.71 bits per heavy atom. The highest BCUT2D eigenvalue weighted by atomic mass is 16.5. The van der Waals surface area contributed by atoms with Gasteiger partial charge in [0.1, 0.15) is 31.7 Å². The van der Waals surface area contributed by atoms with E-state index in [1.807, 2.05) is 6.92 Å². The number of aliphatic hydroxyl groups is 1. The van der Waals surface area contributed by atoms with Gasteiger partial charge in [0.25, 0.3) is 0 Å². The van der Waals surface area contributed by atoms with Crippen molar-refractivity contribution in [1.29, 1.82) is 0 Å². The van der Waals surface area contributed by atoms with Gasteiger partial charge in [-0.1, -0.05) is 12.7 Å². The summed E-state index contributed by atoms with van der Waals surface area (Å²) in [6.45, 7) is 7.13. The van der Waals surface area contributed by atoms with Crippen LogP contribution in [0.2, 0.25) is 0 Å². The van der Waals surface area contributed by atoms with E-state index in [4.69, 9.17) is 18.9 Å². The molecule has 0 saturated heterocycles. The maximum Gasteiger partial charge on any atom is 0.221 e. The van der Waals surface area contributed by atoms with Crippen molar-refractivity contribution in [1.82, 2.24) is 10.6 Å². The van der Waals surface area contributed by atoms with E-state index in [9.17, 15) is 9.90 Å². The van der Waals surface area contributed by atoms with Crippen LogP contribution in [0.1, 0.15) is 13.3 Å². The number of benzene rings is 1. The van der Waals surface area contributed by atoms with Gasteiger partial charge in [0, 0.05) is 39.2 Å². The number of methoxy groups -OCH3 is 1. The molecule has 1 aromatic rings. The van der Waals surface area contributed by atoms with E-state index in [2.05, 4.69) is 17.2 Å². The van der Waals surface area contributed by atoms with Crippen LogP contribution in [-0.2, 0) is 9.53 Å². The smallest absolute Gasteiger partial charge is 0.221 e. The Labute approximate surface area is 166 Å².